The zero-order valence-corrected chi connectivity index (χ0v) is 11.1. The highest BCUT2D eigenvalue weighted by atomic mass is 35.5. The molecule has 0 aliphatic heterocycles. The monoisotopic (exact) mass is 283 g/mol. The number of aromatic nitrogens is 2. The highest BCUT2D eigenvalue weighted by molar-refractivity contribution is 6.35. The fourth-order valence-corrected chi connectivity index (χ4v) is 1.89. The van der Waals surface area contributed by atoms with Gasteiger partial charge in [-0.2, -0.15) is 0 Å². The molecular weight excluding hydrogens is 273 g/mol. The van der Waals surface area contributed by atoms with E-state index < -0.39 is 0 Å². The van der Waals surface area contributed by atoms with Crippen LogP contribution in [0.15, 0.2) is 30.5 Å². The zero-order chi connectivity index (χ0) is 13.1. The predicted molar refractivity (Wildman–Crippen MR) is 71.9 cm³/mol. The van der Waals surface area contributed by atoms with Gasteiger partial charge in [0.15, 0.2) is 0 Å². The lowest BCUT2D eigenvalue weighted by Crippen LogP contribution is -2.07. The van der Waals surface area contributed by atoms with Gasteiger partial charge in [-0.15, -0.1) is 0 Å². The molecule has 1 aromatic carbocycles. The van der Waals surface area contributed by atoms with Gasteiger partial charge in [-0.3, -0.25) is 0 Å². The Morgan fingerprint density at radius 3 is 2.72 bits per heavy atom. The topological polar surface area (TPSA) is 61.0 Å². The zero-order valence-electron chi connectivity index (χ0n) is 9.60. The fraction of sp³-hybridized carbons (Fsp3) is 0.167. The van der Waals surface area contributed by atoms with Crippen LogP contribution < -0.4 is 10.5 Å². The average Bonchev–Trinajstić information content (AvgIpc) is 2.32. The smallest absolute Gasteiger partial charge is 0.220 e. The Morgan fingerprint density at radius 1 is 1.28 bits per heavy atom. The van der Waals surface area contributed by atoms with Gasteiger partial charge < -0.3 is 10.5 Å². The molecule has 4 nitrogen and oxygen atoms in total. The van der Waals surface area contributed by atoms with Crippen molar-refractivity contribution in [3.05, 3.63) is 46.2 Å². The molecule has 0 saturated heterocycles. The van der Waals surface area contributed by atoms with Crippen LogP contribution in [0.1, 0.15) is 18.7 Å². The number of hydrogen-bond donors (Lipinski definition) is 1. The number of halogens is 2. The molecule has 1 atom stereocenters. The minimum absolute atomic E-state index is 0.213. The van der Waals surface area contributed by atoms with Gasteiger partial charge in [0.2, 0.25) is 5.95 Å². The van der Waals surface area contributed by atoms with Crippen molar-refractivity contribution in [2.75, 3.05) is 5.73 Å². The molecule has 0 unspecified atom stereocenters. The van der Waals surface area contributed by atoms with Crippen molar-refractivity contribution in [1.29, 1.82) is 0 Å². The summed E-state index contributed by atoms with van der Waals surface area (Å²) >= 11 is 11.8. The number of ether oxygens (including phenoxy) is 1. The first kappa shape index (κ1) is 12.9. The van der Waals surface area contributed by atoms with Gasteiger partial charge in [-0.1, -0.05) is 23.2 Å². The van der Waals surface area contributed by atoms with Crippen molar-refractivity contribution in [2.45, 2.75) is 13.0 Å². The van der Waals surface area contributed by atoms with Crippen LogP contribution in [0.25, 0.3) is 0 Å². The summed E-state index contributed by atoms with van der Waals surface area (Å²) in [5.41, 5.74) is 6.21. The van der Waals surface area contributed by atoms with Crippen molar-refractivity contribution in [3.63, 3.8) is 0 Å². The first-order chi connectivity index (χ1) is 8.56. The highest BCUT2D eigenvalue weighted by Gasteiger charge is 2.11. The van der Waals surface area contributed by atoms with Crippen LogP contribution in [0, 0.1) is 0 Å². The van der Waals surface area contributed by atoms with Crippen molar-refractivity contribution < 1.29 is 4.74 Å². The number of nitrogen functional groups attached to an aromatic ring is 1. The van der Waals surface area contributed by atoms with E-state index in [1.54, 1.807) is 30.5 Å². The van der Waals surface area contributed by atoms with Gasteiger partial charge in [0, 0.05) is 11.2 Å². The van der Waals surface area contributed by atoms with E-state index in [-0.39, 0.29) is 12.1 Å². The third kappa shape index (κ3) is 3.03. The SMILES string of the molecule is C[C@H](Oc1ccc(Cl)cc1Cl)c1ccnc(N)n1. The number of nitrogens with zero attached hydrogens (tertiary/aromatic N) is 2. The molecular formula is C12H11Cl2N3O. The Hall–Kier alpha value is -1.52. The molecule has 0 aliphatic carbocycles. The second-order valence-electron chi connectivity index (χ2n) is 3.67. The summed E-state index contributed by atoms with van der Waals surface area (Å²) in [4.78, 5) is 7.92. The number of rotatable bonds is 3. The summed E-state index contributed by atoms with van der Waals surface area (Å²) in [5, 5.41) is 1.02. The molecule has 2 aromatic rings. The molecule has 0 radical (unpaired) electrons. The van der Waals surface area contributed by atoms with Crippen LogP contribution in [0.3, 0.4) is 0 Å². The molecule has 0 saturated carbocycles. The maximum atomic E-state index is 6.03. The summed E-state index contributed by atoms with van der Waals surface area (Å²) in [7, 11) is 0. The third-order valence-corrected chi connectivity index (χ3v) is 2.84. The molecule has 0 spiro atoms. The van der Waals surface area contributed by atoms with Crippen molar-refractivity contribution >= 4 is 29.2 Å². The highest BCUT2D eigenvalue weighted by Crippen LogP contribution is 2.30. The lowest BCUT2D eigenvalue weighted by molar-refractivity contribution is 0.222. The summed E-state index contributed by atoms with van der Waals surface area (Å²) in [5.74, 6) is 0.760. The van der Waals surface area contributed by atoms with Crippen LogP contribution in [-0.4, -0.2) is 9.97 Å². The molecule has 0 bridgehead atoms. The van der Waals surface area contributed by atoms with Crippen molar-refractivity contribution in [3.8, 4) is 5.75 Å². The second-order valence-corrected chi connectivity index (χ2v) is 4.52. The largest absolute Gasteiger partial charge is 0.483 e. The molecule has 18 heavy (non-hydrogen) atoms. The van der Waals surface area contributed by atoms with Crippen LogP contribution in [-0.2, 0) is 0 Å². The maximum Gasteiger partial charge on any atom is 0.220 e. The van der Waals surface area contributed by atoms with Crippen LogP contribution in [0.5, 0.6) is 5.75 Å². The van der Waals surface area contributed by atoms with Gasteiger partial charge in [0.1, 0.15) is 11.9 Å². The number of anilines is 1. The molecule has 2 N–H and O–H groups in total. The standard InChI is InChI=1S/C12H11Cl2N3O/c1-7(10-4-5-16-12(15)17-10)18-11-3-2-8(13)6-9(11)14/h2-7H,1H3,(H2,15,16,17)/t7-/m0/s1. The van der Waals surface area contributed by atoms with Crippen molar-refractivity contribution in [2.24, 2.45) is 0 Å². The average molecular weight is 284 g/mol. The summed E-state index contributed by atoms with van der Waals surface area (Å²) in [6, 6.07) is 6.79. The van der Waals surface area contributed by atoms with E-state index in [9.17, 15) is 0 Å². The first-order valence-corrected chi connectivity index (χ1v) is 6.02. The number of nitrogens with two attached hydrogens (primary N) is 1. The Morgan fingerprint density at radius 2 is 2.06 bits per heavy atom. The normalized spacial score (nSPS) is 12.2. The van der Waals surface area contributed by atoms with E-state index in [1.165, 1.54) is 0 Å². The Labute approximate surface area is 115 Å². The van der Waals surface area contributed by atoms with Crippen LogP contribution in [0.2, 0.25) is 10.0 Å². The molecule has 2 rings (SSSR count). The molecule has 1 heterocycles. The molecule has 6 heteroatoms. The first-order valence-electron chi connectivity index (χ1n) is 5.26. The van der Waals surface area contributed by atoms with E-state index in [1.807, 2.05) is 6.92 Å². The van der Waals surface area contributed by atoms with E-state index in [4.69, 9.17) is 33.7 Å². The van der Waals surface area contributed by atoms with Crippen LogP contribution >= 0.6 is 23.2 Å². The number of hydrogen-bond acceptors (Lipinski definition) is 4. The van der Waals surface area contributed by atoms with Gasteiger partial charge >= 0.3 is 0 Å². The van der Waals surface area contributed by atoms with Crippen LogP contribution in [0.4, 0.5) is 5.95 Å². The lowest BCUT2D eigenvalue weighted by Gasteiger charge is -2.15. The summed E-state index contributed by atoms with van der Waals surface area (Å²) in [6.07, 6.45) is 1.30. The Balaban J connectivity index is 2.18. The summed E-state index contributed by atoms with van der Waals surface area (Å²) in [6.45, 7) is 1.85. The minimum Gasteiger partial charge on any atom is -0.483 e. The molecule has 0 aliphatic rings. The molecule has 94 valence electrons. The predicted octanol–water partition coefficient (Wildman–Crippen LogP) is 3.51. The Kier molecular flexibility index (Phi) is 3.89. The quantitative estimate of drug-likeness (QED) is 0.937. The van der Waals surface area contributed by atoms with E-state index in [2.05, 4.69) is 9.97 Å². The Bertz CT molecular complexity index is 563. The van der Waals surface area contributed by atoms with Gasteiger partial charge in [0.05, 0.1) is 10.7 Å². The van der Waals surface area contributed by atoms with Gasteiger partial charge in [-0.25, -0.2) is 9.97 Å². The molecule has 1 aromatic heterocycles. The van der Waals surface area contributed by atoms with Gasteiger partial charge in [-0.05, 0) is 31.2 Å². The second kappa shape index (κ2) is 5.42. The lowest BCUT2D eigenvalue weighted by atomic mass is 10.2. The molecule has 0 amide bonds. The fourth-order valence-electron chi connectivity index (χ4n) is 1.44. The molecule has 0 fully saturated rings. The third-order valence-electron chi connectivity index (χ3n) is 2.31. The minimum atomic E-state index is -0.283. The van der Waals surface area contributed by atoms with E-state index in [0.717, 1.165) is 0 Å². The van der Waals surface area contributed by atoms with E-state index in [0.29, 0.717) is 21.5 Å². The maximum absolute atomic E-state index is 6.03. The van der Waals surface area contributed by atoms with E-state index >= 15 is 0 Å². The summed E-state index contributed by atoms with van der Waals surface area (Å²) < 4.78 is 5.70. The van der Waals surface area contributed by atoms with Gasteiger partial charge in [0.25, 0.3) is 0 Å². The number of benzene rings is 1. The van der Waals surface area contributed by atoms with Crippen molar-refractivity contribution in [1.82, 2.24) is 9.97 Å².